The normalized spacial score (nSPS) is 10.8. The summed E-state index contributed by atoms with van der Waals surface area (Å²) in [7, 11) is 1.53. The monoisotopic (exact) mass is 345 g/mol. The molecule has 3 aromatic rings. The Kier molecular flexibility index (Phi) is 4.31. The van der Waals surface area contributed by atoms with Crippen LogP contribution >= 0.6 is 11.6 Å². The molecular weight excluding hydrogens is 333 g/mol. The first-order valence-corrected chi connectivity index (χ1v) is 7.53. The summed E-state index contributed by atoms with van der Waals surface area (Å²) in [5.41, 5.74) is 0.567. The first kappa shape index (κ1) is 16.1. The van der Waals surface area contributed by atoms with Crippen molar-refractivity contribution in [1.82, 2.24) is 9.78 Å². The smallest absolute Gasteiger partial charge is 0.274 e. The quantitative estimate of drug-likeness (QED) is 0.794. The zero-order chi connectivity index (χ0) is 17.3. The first-order valence-electron chi connectivity index (χ1n) is 7.15. The van der Waals surface area contributed by atoms with Crippen LogP contribution in [0.3, 0.4) is 0 Å². The lowest BCUT2D eigenvalue weighted by atomic mass is 10.1. The van der Waals surface area contributed by atoms with Gasteiger partial charge in [-0.2, -0.15) is 5.10 Å². The van der Waals surface area contributed by atoms with E-state index < -0.39 is 5.82 Å². The van der Waals surface area contributed by atoms with Gasteiger partial charge in [-0.1, -0.05) is 29.8 Å². The Balaban J connectivity index is 1.91. The molecule has 1 N–H and O–H groups in total. The minimum Gasteiger partial charge on any atom is -0.324 e. The van der Waals surface area contributed by atoms with Crippen molar-refractivity contribution >= 4 is 34.0 Å². The minimum absolute atomic E-state index is 0.0393. The topological polar surface area (TPSA) is 64.0 Å². The van der Waals surface area contributed by atoms with Gasteiger partial charge in [0.15, 0.2) is 0 Å². The Hall–Kier alpha value is -2.73. The molecule has 0 aliphatic heterocycles. The van der Waals surface area contributed by atoms with Crippen molar-refractivity contribution in [3.8, 4) is 0 Å². The van der Waals surface area contributed by atoms with Crippen molar-refractivity contribution in [2.45, 2.75) is 6.42 Å². The van der Waals surface area contributed by atoms with E-state index >= 15 is 0 Å². The van der Waals surface area contributed by atoms with Crippen molar-refractivity contribution in [2.75, 3.05) is 5.32 Å². The van der Waals surface area contributed by atoms with Crippen molar-refractivity contribution < 1.29 is 9.18 Å². The number of hydrogen-bond acceptors (Lipinski definition) is 3. The summed E-state index contributed by atoms with van der Waals surface area (Å²) >= 11 is 5.90. The van der Waals surface area contributed by atoms with E-state index in [1.807, 2.05) is 0 Å². The molecule has 0 fully saturated rings. The van der Waals surface area contributed by atoms with Crippen LogP contribution in [-0.2, 0) is 18.3 Å². The highest BCUT2D eigenvalue weighted by Crippen LogP contribution is 2.23. The van der Waals surface area contributed by atoms with Gasteiger partial charge in [0.1, 0.15) is 5.82 Å². The van der Waals surface area contributed by atoms with Crippen LogP contribution in [0, 0.1) is 5.82 Å². The third-order valence-electron chi connectivity index (χ3n) is 3.57. The number of nitrogens with one attached hydrogen (secondary N) is 1. The molecule has 2 aromatic carbocycles. The molecule has 0 aliphatic carbocycles. The van der Waals surface area contributed by atoms with Crippen molar-refractivity contribution in [3.63, 3.8) is 0 Å². The maximum atomic E-state index is 13.0. The molecule has 7 heteroatoms. The van der Waals surface area contributed by atoms with Gasteiger partial charge >= 0.3 is 0 Å². The van der Waals surface area contributed by atoms with Gasteiger partial charge in [-0.05, 0) is 24.3 Å². The van der Waals surface area contributed by atoms with Crippen LogP contribution in [-0.4, -0.2) is 15.7 Å². The molecule has 1 heterocycles. The number of aryl methyl sites for hydroxylation is 1. The molecule has 24 heavy (non-hydrogen) atoms. The number of halogens is 2. The second-order valence-electron chi connectivity index (χ2n) is 5.27. The summed E-state index contributed by atoms with van der Waals surface area (Å²) in [4.78, 5) is 24.3. The van der Waals surface area contributed by atoms with E-state index in [9.17, 15) is 14.0 Å². The third kappa shape index (κ3) is 3.14. The number of anilines is 1. The molecule has 0 saturated heterocycles. The Morgan fingerprint density at radius 1 is 1.25 bits per heavy atom. The van der Waals surface area contributed by atoms with Crippen LogP contribution < -0.4 is 10.9 Å². The van der Waals surface area contributed by atoms with Gasteiger partial charge in [0.2, 0.25) is 5.91 Å². The number of rotatable bonds is 3. The lowest BCUT2D eigenvalue weighted by molar-refractivity contribution is -0.115. The van der Waals surface area contributed by atoms with E-state index in [0.29, 0.717) is 22.2 Å². The Bertz CT molecular complexity index is 1000. The molecular formula is C17H13ClFN3O2. The zero-order valence-corrected chi connectivity index (χ0v) is 13.5. The van der Waals surface area contributed by atoms with Crippen LogP contribution in [0.2, 0.25) is 5.02 Å². The average Bonchev–Trinajstić information content (AvgIpc) is 2.55. The molecule has 0 spiro atoms. The number of amides is 1. The second kappa shape index (κ2) is 6.41. The van der Waals surface area contributed by atoms with Crippen molar-refractivity contribution in [2.24, 2.45) is 7.05 Å². The van der Waals surface area contributed by atoms with Gasteiger partial charge < -0.3 is 5.32 Å². The number of carbonyl (C=O) groups excluding carboxylic acids is 1. The van der Waals surface area contributed by atoms with Gasteiger partial charge in [-0.25, -0.2) is 9.07 Å². The molecule has 0 atom stereocenters. The molecule has 0 aliphatic rings. The van der Waals surface area contributed by atoms with Crippen LogP contribution in [0.4, 0.5) is 10.1 Å². The predicted octanol–water partition coefficient (Wildman–Crippen LogP) is 2.91. The van der Waals surface area contributed by atoms with E-state index in [0.717, 1.165) is 6.07 Å². The highest BCUT2D eigenvalue weighted by atomic mass is 35.5. The summed E-state index contributed by atoms with van der Waals surface area (Å²) < 4.78 is 14.3. The largest absolute Gasteiger partial charge is 0.324 e. The van der Waals surface area contributed by atoms with Crippen molar-refractivity contribution in [1.29, 1.82) is 0 Å². The molecule has 0 bridgehead atoms. The van der Waals surface area contributed by atoms with Crippen LogP contribution in [0.1, 0.15) is 5.69 Å². The average molecular weight is 346 g/mol. The van der Waals surface area contributed by atoms with Gasteiger partial charge in [-0.15, -0.1) is 0 Å². The summed E-state index contributed by atoms with van der Waals surface area (Å²) in [5, 5.41) is 8.03. The second-order valence-corrected chi connectivity index (χ2v) is 5.68. The minimum atomic E-state index is -0.483. The van der Waals surface area contributed by atoms with Crippen LogP contribution in [0.5, 0.6) is 0 Å². The summed E-state index contributed by atoms with van der Waals surface area (Å²) in [5.74, 6) is -0.844. The molecule has 5 nitrogen and oxygen atoms in total. The van der Waals surface area contributed by atoms with E-state index in [-0.39, 0.29) is 22.9 Å². The fraction of sp³-hybridized carbons (Fsp3) is 0.118. The molecule has 1 amide bonds. The lowest BCUT2D eigenvalue weighted by Crippen LogP contribution is -2.24. The SMILES string of the molecule is Cn1nc(CC(=O)Nc2ccc(F)cc2Cl)c2ccccc2c1=O. The Morgan fingerprint density at radius 3 is 2.67 bits per heavy atom. The predicted molar refractivity (Wildman–Crippen MR) is 90.7 cm³/mol. The highest BCUT2D eigenvalue weighted by Gasteiger charge is 2.13. The Labute approximate surface area is 141 Å². The lowest BCUT2D eigenvalue weighted by Gasteiger charge is -2.10. The molecule has 0 radical (unpaired) electrons. The maximum absolute atomic E-state index is 13.0. The van der Waals surface area contributed by atoms with Gasteiger partial charge in [0.25, 0.3) is 5.56 Å². The van der Waals surface area contributed by atoms with Gasteiger partial charge in [0, 0.05) is 12.4 Å². The van der Waals surface area contributed by atoms with E-state index in [1.165, 1.54) is 23.9 Å². The number of fused-ring (bicyclic) bond motifs is 1. The summed E-state index contributed by atoms with van der Waals surface area (Å²) in [6.07, 6.45) is -0.0393. The van der Waals surface area contributed by atoms with Crippen molar-refractivity contribution in [3.05, 3.63) is 69.4 Å². The fourth-order valence-electron chi connectivity index (χ4n) is 2.44. The fourth-order valence-corrected chi connectivity index (χ4v) is 2.66. The number of hydrogen-bond donors (Lipinski definition) is 1. The molecule has 122 valence electrons. The Morgan fingerprint density at radius 2 is 1.96 bits per heavy atom. The molecule has 0 saturated carbocycles. The van der Waals surface area contributed by atoms with E-state index in [4.69, 9.17) is 11.6 Å². The number of carbonyl (C=O) groups is 1. The third-order valence-corrected chi connectivity index (χ3v) is 3.88. The first-order chi connectivity index (χ1) is 11.5. The van der Waals surface area contributed by atoms with Gasteiger partial charge in [-0.3, -0.25) is 9.59 Å². The maximum Gasteiger partial charge on any atom is 0.274 e. The van der Waals surface area contributed by atoms with Crippen LogP contribution in [0.15, 0.2) is 47.3 Å². The molecule has 0 unspecified atom stereocenters. The number of aromatic nitrogens is 2. The summed E-state index contributed by atoms with van der Waals surface area (Å²) in [6, 6.07) is 10.7. The number of nitrogens with zero attached hydrogens (tertiary/aromatic N) is 2. The van der Waals surface area contributed by atoms with E-state index in [2.05, 4.69) is 10.4 Å². The summed E-state index contributed by atoms with van der Waals surface area (Å²) in [6.45, 7) is 0. The van der Waals surface area contributed by atoms with Gasteiger partial charge in [0.05, 0.1) is 28.2 Å². The zero-order valence-electron chi connectivity index (χ0n) is 12.7. The number of benzene rings is 2. The molecule has 1 aromatic heterocycles. The molecule has 3 rings (SSSR count). The highest BCUT2D eigenvalue weighted by molar-refractivity contribution is 6.33. The standard InChI is InChI=1S/C17H13ClFN3O2/c1-22-17(24)12-5-3-2-4-11(12)15(21-22)9-16(23)20-14-7-6-10(19)8-13(14)18/h2-8H,9H2,1H3,(H,20,23). The van der Waals surface area contributed by atoms with Crippen LogP contribution in [0.25, 0.3) is 10.8 Å². The van der Waals surface area contributed by atoms with E-state index in [1.54, 1.807) is 24.3 Å².